The average Bonchev–Trinajstić information content (AvgIpc) is 2.28. The molecule has 12 heavy (non-hydrogen) atoms. The molecule has 2 N–H and O–H groups in total. The van der Waals surface area contributed by atoms with Crippen LogP contribution in [0, 0.1) is 5.82 Å². The van der Waals surface area contributed by atoms with Gasteiger partial charge in [-0.2, -0.15) is 0 Å². The molecule has 0 aromatic heterocycles. The highest BCUT2D eigenvalue weighted by Gasteiger charge is 2.26. The topological polar surface area (TPSA) is 43.1 Å². The van der Waals surface area contributed by atoms with Crippen molar-refractivity contribution >= 4 is 5.78 Å². The fraction of sp³-hybridized carbons (Fsp3) is 0.222. The summed E-state index contributed by atoms with van der Waals surface area (Å²) < 4.78 is 12.7. The minimum atomic E-state index is -0.379. The third kappa shape index (κ3) is 0.940. The fourth-order valence-corrected chi connectivity index (χ4v) is 1.51. The zero-order chi connectivity index (χ0) is 8.72. The monoisotopic (exact) mass is 165 g/mol. The molecule has 0 bridgehead atoms. The second kappa shape index (κ2) is 2.38. The van der Waals surface area contributed by atoms with E-state index < -0.39 is 0 Å². The van der Waals surface area contributed by atoms with E-state index in [1.165, 1.54) is 12.1 Å². The average molecular weight is 165 g/mol. The van der Waals surface area contributed by atoms with E-state index in [2.05, 4.69) is 0 Å². The first-order valence-electron chi connectivity index (χ1n) is 3.76. The van der Waals surface area contributed by atoms with Crippen molar-refractivity contribution in [2.45, 2.75) is 12.5 Å². The smallest absolute Gasteiger partial charge is 0.165 e. The summed E-state index contributed by atoms with van der Waals surface area (Å²) in [5.41, 5.74) is 6.86. The summed E-state index contributed by atoms with van der Waals surface area (Å²) in [7, 11) is 0. The lowest BCUT2D eigenvalue weighted by atomic mass is 10.1. The third-order valence-electron chi connectivity index (χ3n) is 2.12. The zero-order valence-electron chi connectivity index (χ0n) is 6.38. The van der Waals surface area contributed by atoms with Gasteiger partial charge in [0.15, 0.2) is 5.78 Å². The summed E-state index contributed by atoms with van der Waals surface area (Å²) in [5, 5.41) is 0. The first kappa shape index (κ1) is 7.43. The van der Waals surface area contributed by atoms with Crippen LogP contribution in [0.15, 0.2) is 18.2 Å². The predicted octanol–water partition coefficient (Wildman–Crippen LogP) is 1.41. The van der Waals surface area contributed by atoms with Crippen LogP contribution in [0.4, 0.5) is 4.39 Å². The number of Topliss-reactive ketones (excluding diaryl/α,β-unsaturated/α-hetero) is 1. The molecule has 2 rings (SSSR count). The molecule has 0 aliphatic heterocycles. The predicted molar refractivity (Wildman–Crippen MR) is 42.3 cm³/mol. The lowest BCUT2D eigenvalue weighted by molar-refractivity contribution is 0.0989. The van der Waals surface area contributed by atoms with Gasteiger partial charge in [0.25, 0.3) is 0 Å². The molecule has 0 amide bonds. The van der Waals surface area contributed by atoms with E-state index in [0.29, 0.717) is 12.0 Å². The number of hydrogen-bond acceptors (Lipinski definition) is 2. The largest absolute Gasteiger partial charge is 0.324 e. The van der Waals surface area contributed by atoms with Crippen molar-refractivity contribution in [3.63, 3.8) is 0 Å². The first-order chi connectivity index (χ1) is 5.68. The van der Waals surface area contributed by atoms with Crippen LogP contribution < -0.4 is 5.73 Å². The molecule has 2 nitrogen and oxygen atoms in total. The highest BCUT2D eigenvalue weighted by atomic mass is 19.1. The van der Waals surface area contributed by atoms with E-state index in [1.807, 2.05) is 0 Å². The van der Waals surface area contributed by atoms with E-state index in [0.717, 1.165) is 5.56 Å². The molecule has 1 aromatic carbocycles. The molecule has 0 unspecified atom stereocenters. The van der Waals surface area contributed by atoms with Gasteiger partial charge in [-0.25, -0.2) is 4.39 Å². The number of carbonyl (C=O) groups excluding carboxylic acids is 1. The van der Waals surface area contributed by atoms with Crippen LogP contribution in [-0.4, -0.2) is 5.78 Å². The Balaban J connectivity index is 2.60. The van der Waals surface area contributed by atoms with Crippen molar-refractivity contribution in [1.29, 1.82) is 0 Å². The Bertz CT molecular complexity index is 348. The van der Waals surface area contributed by atoms with Crippen LogP contribution >= 0.6 is 0 Å². The zero-order valence-corrected chi connectivity index (χ0v) is 6.38. The van der Waals surface area contributed by atoms with Gasteiger partial charge in [-0.05, 0) is 17.7 Å². The molecule has 1 atom stereocenters. The number of ketones is 1. The van der Waals surface area contributed by atoms with Crippen LogP contribution in [0.2, 0.25) is 0 Å². The van der Waals surface area contributed by atoms with Crippen molar-refractivity contribution in [3.05, 3.63) is 35.1 Å². The molecular weight excluding hydrogens is 157 g/mol. The Labute approximate surface area is 69.2 Å². The molecule has 0 saturated carbocycles. The number of rotatable bonds is 0. The number of halogens is 1. The highest BCUT2D eigenvalue weighted by Crippen LogP contribution is 2.29. The number of carbonyl (C=O) groups is 1. The molecule has 0 spiro atoms. The van der Waals surface area contributed by atoms with Crippen LogP contribution in [0.1, 0.15) is 28.4 Å². The second-order valence-electron chi connectivity index (χ2n) is 2.97. The van der Waals surface area contributed by atoms with Crippen LogP contribution in [-0.2, 0) is 0 Å². The standard InChI is InChI=1S/C9H8FNO/c10-5-1-2-6-7(3-5)9(12)4-8(6)11/h1-3,8H,4,11H2/t8-/m0/s1. The number of benzene rings is 1. The van der Waals surface area contributed by atoms with Crippen molar-refractivity contribution in [1.82, 2.24) is 0 Å². The third-order valence-corrected chi connectivity index (χ3v) is 2.12. The highest BCUT2D eigenvalue weighted by molar-refractivity contribution is 6.01. The molecule has 1 aliphatic rings. The van der Waals surface area contributed by atoms with Crippen LogP contribution in [0.25, 0.3) is 0 Å². The van der Waals surface area contributed by atoms with Crippen LogP contribution in [0.3, 0.4) is 0 Å². The Morgan fingerprint density at radius 3 is 3.00 bits per heavy atom. The summed E-state index contributed by atoms with van der Waals surface area (Å²) in [6.07, 6.45) is 0.304. The second-order valence-corrected chi connectivity index (χ2v) is 2.97. The Morgan fingerprint density at radius 1 is 1.50 bits per heavy atom. The number of hydrogen-bond donors (Lipinski definition) is 1. The normalized spacial score (nSPS) is 21.2. The number of nitrogens with two attached hydrogens (primary N) is 1. The van der Waals surface area contributed by atoms with Crippen molar-refractivity contribution in [3.8, 4) is 0 Å². The van der Waals surface area contributed by atoms with E-state index in [1.54, 1.807) is 6.07 Å². The van der Waals surface area contributed by atoms with Gasteiger partial charge < -0.3 is 5.73 Å². The van der Waals surface area contributed by atoms with E-state index in [-0.39, 0.29) is 17.6 Å². The molecule has 1 aromatic rings. The Hall–Kier alpha value is -1.22. The van der Waals surface area contributed by atoms with Gasteiger partial charge in [0.1, 0.15) is 5.82 Å². The molecular formula is C9H8FNO. The quantitative estimate of drug-likeness (QED) is 0.631. The lowest BCUT2D eigenvalue weighted by Gasteiger charge is -2.01. The SMILES string of the molecule is N[C@H]1CC(=O)c2cc(F)ccc21. The van der Waals surface area contributed by atoms with Gasteiger partial charge >= 0.3 is 0 Å². The summed E-state index contributed by atoms with van der Waals surface area (Å²) in [6, 6.07) is 3.93. The molecule has 0 fully saturated rings. The van der Waals surface area contributed by atoms with E-state index >= 15 is 0 Å². The first-order valence-corrected chi connectivity index (χ1v) is 3.76. The van der Waals surface area contributed by atoms with Gasteiger partial charge in [-0.3, -0.25) is 4.79 Å². The molecule has 1 aliphatic carbocycles. The van der Waals surface area contributed by atoms with Gasteiger partial charge in [-0.15, -0.1) is 0 Å². The van der Waals surface area contributed by atoms with E-state index in [4.69, 9.17) is 5.73 Å². The molecule has 0 heterocycles. The lowest BCUT2D eigenvalue weighted by Crippen LogP contribution is -2.05. The van der Waals surface area contributed by atoms with Gasteiger partial charge in [-0.1, -0.05) is 6.07 Å². The maximum atomic E-state index is 12.7. The van der Waals surface area contributed by atoms with Crippen molar-refractivity contribution < 1.29 is 9.18 Å². The molecule has 62 valence electrons. The van der Waals surface area contributed by atoms with Crippen molar-refractivity contribution in [2.75, 3.05) is 0 Å². The molecule has 3 heteroatoms. The number of fused-ring (bicyclic) bond motifs is 1. The minimum absolute atomic E-state index is 0.0583. The summed E-state index contributed by atoms with van der Waals surface area (Å²) in [6.45, 7) is 0. The summed E-state index contributed by atoms with van der Waals surface area (Å²) >= 11 is 0. The van der Waals surface area contributed by atoms with Gasteiger partial charge in [0, 0.05) is 18.0 Å². The minimum Gasteiger partial charge on any atom is -0.324 e. The Morgan fingerprint density at radius 2 is 2.25 bits per heavy atom. The van der Waals surface area contributed by atoms with Crippen LogP contribution in [0.5, 0.6) is 0 Å². The van der Waals surface area contributed by atoms with Crippen molar-refractivity contribution in [2.24, 2.45) is 5.73 Å². The summed E-state index contributed by atoms with van der Waals surface area (Å²) in [5.74, 6) is -0.437. The summed E-state index contributed by atoms with van der Waals surface area (Å²) in [4.78, 5) is 11.2. The molecule has 0 saturated heterocycles. The van der Waals surface area contributed by atoms with E-state index in [9.17, 15) is 9.18 Å². The molecule has 0 radical (unpaired) electrons. The van der Waals surface area contributed by atoms with Gasteiger partial charge in [0.05, 0.1) is 0 Å². The maximum absolute atomic E-state index is 12.7. The van der Waals surface area contributed by atoms with Gasteiger partial charge in [0.2, 0.25) is 0 Å². The fourth-order valence-electron chi connectivity index (χ4n) is 1.51. The maximum Gasteiger partial charge on any atom is 0.165 e. The Kier molecular flexibility index (Phi) is 1.48.